The number of aromatic carboxylic acids is 1. The average molecular weight is 321 g/mol. The zero-order chi connectivity index (χ0) is 13.8. The van der Waals surface area contributed by atoms with Gasteiger partial charge in [0.2, 0.25) is 0 Å². The molecule has 1 aromatic carbocycles. The molecule has 1 aromatic heterocycles. The molecule has 19 heavy (non-hydrogen) atoms. The summed E-state index contributed by atoms with van der Waals surface area (Å²) in [7, 11) is 0. The third-order valence-corrected chi connectivity index (χ3v) is 2.88. The minimum absolute atomic E-state index is 0.0282. The van der Waals surface area contributed by atoms with E-state index in [9.17, 15) is 9.59 Å². The zero-order valence-electron chi connectivity index (χ0n) is 9.63. The first-order valence-corrected chi connectivity index (χ1v) is 6.11. The number of nitrogens with zero attached hydrogens (tertiary/aromatic N) is 1. The number of benzene rings is 1. The van der Waals surface area contributed by atoms with Crippen LogP contribution in [0, 0.1) is 0 Å². The summed E-state index contributed by atoms with van der Waals surface area (Å²) in [6, 6.07) is 7.79. The van der Waals surface area contributed by atoms with Crippen molar-refractivity contribution in [3.8, 4) is 0 Å². The van der Waals surface area contributed by atoms with Crippen molar-refractivity contribution < 1.29 is 14.7 Å². The SMILES string of the molecule is O=C(Nc1cc(Br)ccc1C(=O)O)c1cccnc1. The normalized spacial score (nSPS) is 9.95. The molecule has 2 rings (SSSR count). The number of carbonyl (C=O) groups excluding carboxylic acids is 1. The molecule has 0 fully saturated rings. The summed E-state index contributed by atoms with van der Waals surface area (Å²) in [6.07, 6.45) is 2.96. The lowest BCUT2D eigenvalue weighted by Crippen LogP contribution is -2.15. The van der Waals surface area contributed by atoms with Gasteiger partial charge >= 0.3 is 5.97 Å². The van der Waals surface area contributed by atoms with Gasteiger partial charge in [-0.1, -0.05) is 15.9 Å². The van der Waals surface area contributed by atoms with E-state index < -0.39 is 11.9 Å². The van der Waals surface area contributed by atoms with Gasteiger partial charge in [0.25, 0.3) is 5.91 Å². The van der Waals surface area contributed by atoms with Crippen molar-refractivity contribution in [2.24, 2.45) is 0 Å². The number of pyridine rings is 1. The second-order valence-electron chi connectivity index (χ2n) is 3.69. The van der Waals surface area contributed by atoms with Crippen LogP contribution in [-0.4, -0.2) is 22.0 Å². The van der Waals surface area contributed by atoms with E-state index in [1.165, 1.54) is 18.3 Å². The standard InChI is InChI=1S/C13H9BrN2O3/c14-9-3-4-10(13(18)19)11(6-9)16-12(17)8-2-1-5-15-7-8/h1-7H,(H,16,17)(H,18,19). The van der Waals surface area contributed by atoms with Crippen LogP contribution in [0.3, 0.4) is 0 Å². The number of halogens is 1. The number of carbonyl (C=O) groups is 2. The fourth-order valence-corrected chi connectivity index (χ4v) is 1.86. The maximum absolute atomic E-state index is 11.9. The molecule has 1 heterocycles. The predicted octanol–water partition coefficient (Wildman–Crippen LogP) is 2.79. The third kappa shape index (κ3) is 3.17. The van der Waals surface area contributed by atoms with Crippen molar-refractivity contribution >= 4 is 33.5 Å². The summed E-state index contributed by atoms with van der Waals surface area (Å²) in [5.74, 6) is -1.51. The lowest BCUT2D eigenvalue weighted by atomic mass is 10.1. The molecular weight excluding hydrogens is 312 g/mol. The first kappa shape index (κ1) is 13.2. The Kier molecular flexibility index (Phi) is 3.91. The highest BCUT2D eigenvalue weighted by Crippen LogP contribution is 2.22. The van der Waals surface area contributed by atoms with Gasteiger partial charge in [-0.2, -0.15) is 0 Å². The highest BCUT2D eigenvalue weighted by atomic mass is 79.9. The Hall–Kier alpha value is -2.21. The van der Waals surface area contributed by atoms with Gasteiger partial charge in [-0.25, -0.2) is 4.79 Å². The van der Waals surface area contributed by atoms with Crippen LogP contribution in [0.15, 0.2) is 47.2 Å². The molecule has 0 saturated heterocycles. The number of aromatic nitrogens is 1. The van der Waals surface area contributed by atoms with Gasteiger partial charge in [0.05, 0.1) is 16.8 Å². The van der Waals surface area contributed by atoms with Crippen molar-refractivity contribution in [2.75, 3.05) is 5.32 Å². The Morgan fingerprint density at radius 2 is 2.05 bits per heavy atom. The summed E-state index contributed by atoms with van der Waals surface area (Å²) in [5.41, 5.74) is 0.620. The van der Waals surface area contributed by atoms with Crippen LogP contribution in [0.4, 0.5) is 5.69 Å². The topological polar surface area (TPSA) is 79.3 Å². The van der Waals surface area contributed by atoms with Crippen molar-refractivity contribution in [1.82, 2.24) is 4.98 Å². The molecule has 1 amide bonds. The van der Waals surface area contributed by atoms with E-state index in [-0.39, 0.29) is 11.3 Å². The van der Waals surface area contributed by atoms with Crippen molar-refractivity contribution in [2.45, 2.75) is 0 Å². The molecule has 0 spiro atoms. The van der Waals surface area contributed by atoms with Crippen LogP contribution in [0.1, 0.15) is 20.7 Å². The smallest absolute Gasteiger partial charge is 0.337 e. The van der Waals surface area contributed by atoms with Gasteiger partial charge < -0.3 is 10.4 Å². The fourth-order valence-electron chi connectivity index (χ4n) is 1.50. The van der Waals surface area contributed by atoms with Crippen molar-refractivity contribution in [3.05, 3.63) is 58.3 Å². The molecule has 2 N–H and O–H groups in total. The van der Waals surface area contributed by atoms with Crippen LogP contribution >= 0.6 is 15.9 Å². The molecule has 0 aliphatic rings. The predicted molar refractivity (Wildman–Crippen MR) is 73.3 cm³/mol. The Morgan fingerprint density at radius 1 is 1.26 bits per heavy atom. The van der Waals surface area contributed by atoms with E-state index in [1.54, 1.807) is 24.4 Å². The molecule has 2 aromatic rings. The Balaban J connectivity index is 2.31. The van der Waals surface area contributed by atoms with E-state index >= 15 is 0 Å². The van der Waals surface area contributed by atoms with E-state index in [1.807, 2.05) is 0 Å². The van der Waals surface area contributed by atoms with Gasteiger partial charge in [0.1, 0.15) is 0 Å². The second kappa shape index (κ2) is 5.62. The Bertz CT molecular complexity index is 629. The van der Waals surface area contributed by atoms with Crippen molar-refractivity contribution in [3.63, 3.8) is 0 Å². The molecule has 0 saturated carbocycles. The number of hydrogen-bond donors (Lipinski definition) is 2. The Labute approximate surface area is 117 Å². The number of amides is 1. The highest BCUT2D eigenvalue weighted by Gasteiger charge is 2.13. The molecular formula is C13H9BrN2O3. The van der Waals surface area contributed by atoms with Gasteiger partial charge in [-0.05, 0) is 30.3 Å². The van der Waals surface area contributed by atoms with Crippen LogP contribution in [0.25, 0.3) is 0 Å². The maximum Gasteiger partial charge on any atom is 0.337 e. The quantitative estimate of drug-likeness (QED) is 0.911. The van der Waals surface area contributed by atoms with E-state index in [4.69, 9.17) is 5.11 Å². The number of hydrogen-bond acceptors (Lipinski definition) is 3. The first-order valence-electron chi connectivity index (χ1n) is 5.32. The first-order chi connectivity index (χ1) is 9.08. The molecule has 0 bridgehead atoms. The zero-order valence-corrected chi connectivity index (χ0v) is 11.2. The van der Waals surface area contributed by atoms with Gasteiger partial charge in [-0.3, -0.25) is 9.78 Å². The van der Waals surface area contributed by atoms with Crippen LogP contribution < -0.4 is 5.32 Å². The fraction of sp³-hybridized carbons (Fsp3) is 0. The molecule has 0 aliphatic heterocycles. The van der Waals surface area contributed by atoms with E-state index in [2.05, 4.69) is 26.2 Å². The molecule has 6 heteroatoms. The van der Waals surface area contributed by atoms with Crippen molar-refractivity contribution in [1.29, 1.82) is 0 Å². The number of nitrogens with one attached hydrogen (secondary N) is 1. The van der Waals surface area contributed by atoms with E-state index in [0.717, 1.165) is 0 Å². The maximum atomic E-state index is 11.9. The molecule has 0 aliphatic carbocycles. The summed E-state index contributed by atoms with van der Waals surface area (Å²) >= 11 is 3.24. The molecule has 0 radical (unpaired) electrons. The summed E-state index contributed by atoms with van der Waals surface area (Å²) in [6.45, 7) is 0. The number of rotatable bonds is 3. The van der Waals surface area contributed by atoms with E-state index in [0.29, 0.717) is 10.0 Å². The molecule has 0 unspecified atom stereocenters. The Morgan fingerprint density at radius 3 is 2.68 bits per heavy atom. The largest absolute Gasteiger partial charge is 0.478 e. The lowest BCUT2D eigenvalue weighted by molar-refractivity contribution is 0.0698. The number of carboxylic acid groups (broad SMARTS) is 1. The second-order valence-corrected chi connectivity index (χ2v) is 4.61. The monoisotopic (exact) mass is 320 g/mol. The van der Waals surface area contributed by atoms with Crippen LogP contribution in [0.2, 0.25) is 0 Å². The summed E-state index contributed by atoms with van der Waals surface area (Å²) in [5, 5.41) is 11.6. The highest BCUT2D eigenvalue weighted by molar-refractivity contribution is 9.10. The number of carboxylic acids is 1. The number of anilines is 1. The minimum atomic E-state index is -1.10. The minimum Gasteiger partial charge on any atom is -0.478 e. The third-order valence-electron chi connectivity index (χ3n) is 2.38. The van der Waals surface area contributed by atoms with Gasteiger partial charge in [0, 0.05) is 16.9 Å². The summed E-state index contributed by atoms with van der Waals surface area (Å²) in [4.78, 5) is 26.8. The van der Waals surface area contributed by atoms with Crippen LogP contribution in [-0.2, 0) is 0 Å². The molecule has 96 valence electrons. The molecule has 0 atom stereocenters. The van der Waals surface area contributed by atoms with Gasteiger partial charge in [-0.15, -0.1) is 0 Å². The van der Waals surface area contributed by atoms with Crippen LogP contribution in [0.5, 0.6) is 0 Å². The van der Waals surface area contributed by atoms with Gasteiger partial charge in [0.15, 0.2) is 0 Å². The summed E-state index contributed by atoms with van der Waals surface area (Å²) < 4.78 is 0.680. The lowest BCUT2D eigenvalue weighted by Gasteiger charge is -2.08. The molecule has 5 nitrogen and oxygen atoms in total. The average Bonchev–Trinajstić information content (AvgIpc) is 2.39.